The Hall–Kier alpha value is -0.120. The lowest BCUT2D eigenvalue weighted by Gasteiger charge is -2.45. The molecule has 0 amide bonds. The van der Waals surface area contributed by atoms with E-state index in [9.17, 15) is 5.11 Å². The van der Waals surface area contributed by atoms with E-state index in [2.05, 4.69) is 10.2 Å². The summed E-state index contributed by atoms with van der Waals surface area (Å²) in [5, 5.41) is 14.6. The number of hydrogen-bond donors (Lipinski definition) is 2. The predicted octanol–water partition coefficient (Wildman–Crippen LogP) is 1.51. The Kier molecular flexibility index (Phi) is 3.42. The molecular weight excluding hydrogens is 212 g/mol. The van der Waals surface area contributed by atoms with Gasteiger partial charge in [0.15, 0.2) is 0 Å². The first-order valence-electron chi connectivity index (χ1n) is 7.48. The summed E-state index contributed by atoms with van der Waals surface area (Å²) in [5.41, 5.74) is -0.421. The van der Waals surface area contributed by atoms with Crippen LogP contribution in [-0.4, -0.2) is 47.3 Å². The minimum atomic E-state index is -0.421. The van der Waals surface area contributed by atoms with Crippen LogP contribution in [0.5, 0.6) is 0 Å². The van der Waals surface area contributed by atoms with Crippen molar-refractivity contribution >= 4 is 0 Å². The summed E-state index contributed by atoms with van der Waals surface area (Å²) in [6.07, 6.45) is 9.68. The number of fused-ring (bicyclic) bond motifs is 1. The lowest BCUT2D eigenvalue weighted by Crippen LogP contribution is -2.58. The smallest absolute Gasteiger partial charge is 0.0827 e. The van der Waals surface area contributed by atoms with Crippen LogP contribution in [0.2, 0.25) is 0 Å². The second-order valence-corrected chi connectivity index (χ2v) is 6.25. The van der Waals surface area contributed by atoms with Gasteiger partial charge in [0.1, 0.15) is 0 Å². The summed E-state index contributed by atoms with van der Waals surface area (Å²) in [6, 6.07) is 1.02. The molecule has 3 heteroatoms. The molecule has 3 unspecified atom stereocenters. The van der Waals surface area contributed by atoms with Crippen molar-refractivity contribution in [2.75, 3.05) is 19.6 Å². The number of hydrogen-bond acceptors (Lipinski definition) is 3. The normalized spacial score (nSPS) is 44.3. The average molecular weight is 238 g/mol. The van der Waals surface area contributed by atoms with Crippen molar-refractivity contribution in [3.8, 4) is 0 Å². The van der Waals surface area contributed by atoms with Gasteiger partial charge in [0.05, 0.1) is 5.60 Å². The van der Waals surface area contributed by atoms with Crippen LogP contribution in [0.3, 0.4) is 0 Å². The molecule has 3 rings (SSSR count). The minimum Gasteiger partial charge on any atom is -0.388 e. The fourth-order valence-electron chi connectivity index (χ4n) is 4.07. The Morgan fingerprint density at radius 2 is 2.00 bits per heavy atom. The van der Waals surface area contributed by atoms with Gasteiger partial charge in [0.2, 0.25) is 0 Å². The van der Waals surface area contributed by atoms with E-state index in [4.69, 9.17) is 0 Å². The molecule has 0 aromatic heterocycles. The molecule has 3 nitrogen and oxygen atoms in total. The van der Waals surface area contributed by atoms with Gasteiger partial charge < -0.3 is 15.3 Å². The van der Waals surface area contributed by atoms with Crippen molar-refractivity contribution in [2.24, 2.45) is 0 Å². The van der Waals surface area contributed by atoms with Crippen molar-refractivity contribution in [1.29, 1.82) is 0 Å². The quantitative estimate of drug-likeness (QED) is 0.727. The maximum Gasteiger partial charge on any atom is 0.0827 e. The topological polar surface area (TPSA) is 35.5 Å². The SMILES string of the molecule is OC1(C2CCCCCN2)CCN2CCCC2C1. The van der Waals surface area contributed by atoms with Crippen LogP contribution in [0, 0.1) is 0 Å². The van der Waals surface area contributed by atoms with Gasteiger partial charge >= 0.3 is 0 Å². The number of piperidine rings is 1. The maximum atomic E-state index is 11.0. The lowest BCUT2D eigenvalue weighted by atomic mass is 9.79. The van der Waals surface area contributed by atoms with E-state index >= 15 is 0 Å². The molecule has 3 saturated heterocycles. The van der Waals surface area contributed by atoms with Crippen LogP contribution < -0.4 is 5.32 Å². The number of rotatable bonds is 1. The monoisotopic (exact) mass is 238 g/mol. The molecule has 3 fully saturated rings. The molecule has 3 heterocycles. The van der Waals surface area contributed by atoms with E-state index in [1.165, 1.54) is 45.1 Å². The first-order valence-corrected chi connectivity index (χ1v) is 7.48. The lowest BCUT2D eigenvalue weighted by molar-refractivity contribution is -0.0638. The van der Waals surface area contributed by atoms with Gasteiger partial charge in [0, 0.05) is 18.6 Å². The Balaban J connectivity index is 1.67. The molecule has 0 aromatic rings. The third kappa shape index (κ3) is 2.38. The number of nitrogens with zero attached hydrogens (tertiary/aromatic N) is 1. The highest BCUT2D eigenvalue weighted by Gasteiger charge is 2.44. The van der Waals surface area contributed by atoms with Crippen molar-refractivity contribution < 1.29 is 5.11 Å². The van der Waals surface area contributed by atoms with Gasteiger partial charge in [-0.1, -0.05) is 12.8 Å². The summed E-state index contributed by atoms with van der Waals surface area (Å²) in [6.45, 7) is 3.47. The molecule has 0 saturated carbocycles. The highest BCUT2D eigenvalue weighted by Crippen LogP contribution is 2.36. The van der Waals surface area contributed by atoms with Crippen LogP contribution in [0.15, 0.2) is 0 Å². The highest BCUT2D eigenvalue weighted by atomic mass is 16.3. The fraction of sp³-hybridized carbons (Fsp3) is 1.00. The highest BCUT2D eigenvalue weighted by molar-refractivity contribution is 5.01. The average Bonchev–Trinajstić information content (AvgIpc) is 2.61. The van der Waals surface area contributed by atoms with E-state index in [1.807, 2.05) is 0 Å². The molecule has 3 atom stereocenters. The summed E-state index contributed by atoms with van der Waals surface area (Å²) >= 11 is 0. The summed E-state index contributed by atoms with van der Waals surface area (Å²) in [7, 11) is 0. The van der Waals surface area contributed by atoms with Gasteiger partial charge in [-0.05, 0) is 51.6 Å². The summed E-state index contributed by atoms with van der Waals surface area (Å²) < 4.78 is 0. The zero-order valence-electron chi connectivity index (χ0n) is 10.8. The Morgan fingerprint density at radius 1 is 1.06 bits per heavy atom. The minimum absolute atomic E-state index is 0.354. The maximum absolute atomic E-state index is 11.0. The Morgan fingerprint density at radius 3 is 2.94 bits per heavy atom. The van der Waals surface area contributed by atoms with Crippen LogP contribution in [0.25, 0.3) is 0 Å². The Labute approximate surface area is 105 Å². The van der Waals surface area contributed by atoms with Crippen LogP contribution in [-0.2, 0) is 0 Å². The molecule has 2 N–H and O–H groups in total. The van der Waals surface area contributed by atoms with Gasteiger partial charge in [0.25, 0.3) is 0 Å². The largest absolute Gasteiger partial charge is 0.388 e. The van der Waals surface area contributed by atoms with E-state index in [0.29, 0.717) is 12.1 Å². The zero-order valence-corrected chi connectivity index (χ0v) is 10.8. The van der Waals surface area contributed by atoms with Crippen molar-refractivity contribution in [3.63, 3.8) is 0 Å². The second-order valence-electron chi connectivity index (χ2n) is 6.25. The summed E-state index contributed by atoms with van der Waals surface area (Å²) in [5.74, 6) is 0. The van der Waals surface area contributed by atoms with Crippen LogP contribution >= 0.6 is 0 Å². The fourth-order valence-corrected chi connectivity index (χ4v) is 4.07. The standard InChI is InChI=1S/C14H26N2O/c17-14(13-6-2-1-3-8-15-13)7-10-16-9-4-5-12(16)11-14/h12-13,15,17H,1-11H2. The molecule has 3 aliphatic heterocycles. The molecule has 17 heavy (non-hydrogen) atoms. The molecule has 98 valence electrons. The third-order valence-electron chi connectivity index (χ3n) is 5.13. The molecule has 0 aromatic carbocycles. The number of nitrogens with one attached hydrogen (secondary N) is 1. The molecule has 0 bridgehead atoms. The van der Waals surface area contributed by atoms with E-state index in [1.54, 1.807) is 0 Å². The summed E-state index contributed by atoms with van der Waals surface area (Å²) in [4.78, 5) is 2.59. The predicted molar refractivity (Wildman–Crippen MR) is 69.0 cm³/mol. The van der Waals surface area contributed by atoms with E-state index in [0.717, 1.165) is 25.9 Å². The molecular formula is C14H26N2O. The van der Waals surface area contributed by atoms with Gasteiger partial charge in [-0.2, -0.15) is 0 Å². The molecule has 0 spiro atoms. The van der Waals surface area contributed by atoms with Gasteiger partial charge in [-0.25, -0.2) is 0 Å². The van der Waals surface area contributed by atoms with Crippen molar-refractivity contribution in [1.82, 2.24) is 10.2 Å². The molecule has 3 aliphatic rings. The van der Waals surface area contributed by atoms with Gasteiger partial charge in [-0.15, -0.1) is 0 Å². The van der Waals surface area contributed by atoms with Gasteiger partial charge in [-0.3, -0.25) is 0 Å². The third-order valence-corrected chi connectivity index (χ3v) is 5.13. The van der Waals surface area contributed by atoms with E-state index < -0.39 is 5.60 Å². The van der Waals surface area contributed by atoms with Crippen molar-refractivity contribution in [3.05, 3.63) is 0 Å². The van der Waals surface area contributed by atoms with Crippen LogP contribution in [0.1, 0.15) is 51.4 Å². The van der Waals surface area contributed by atoms with Crippen LogP contribution in [0.4, 0.5) is 0 Å². The molecule has 0 aliphatic carbocycles. The Bertz CT molecular complexity index is 263. The van der Waals surface area contributed by atoms with Crippen molar-refractivity contribution in [2.45, 2.75) is 69.1 Å². The molecule has 0 radical (unpaired) electrons. The first-order chi connectivity index (χ1) is 8.28. The zero-order chi connectivity index (χ0) is 11.7. The first kappa shape index (κ1) is 11.9. The number of aliphatic hydroxyl groups is 1. The second kappa shape index (κ2) is 4.87. The van der Waals surface area contributed by atoms with E-state index in [-0.39, 0.29) is 0 Å².